The van der Waals surface area contributed by atoms with Gasteiger partial charge in [-0.3, -0.25) is 4.79 Å². The van der Waals surface area contributed by atoms with Crippen LogP contribution in [-0.4, -0.2) is 5.91 Å². The number of rotatable bonds is 3. The number of anilines is 2. The minimum absolute atomic E-state index is 0.193. The van der Waals surface area contributed by atoms with Gasteiger partial charge in [0.15, 0.2) is 0 Å². The van der Waals surface area contributed by atoms with Crippen LogP contribution in [0.2, 0.25) is 5.02 Å². The van der Waals surface area contributed by atoms with Crippen molar-refractivity contribution >= 4 is 28.9 Å². The van der Waals surface area contributed by atoms with Crippen molar-refractivity contribution in [2.24, 2.45) is 0 Å². The van der Waals surface area contributed by atoms with Crippen LogP contribution in [0, 0.1) is 0 Å². The molecular formula is C16H17ClN2O. The summed E-state index contributed by atoms with van der Waals surface area (Å²) in [5, 5.41) is 3.37. The predicted octanol–water partition coefficient (Wildman–Crippen LogP) is 4.30. The first kappa shape index (κ1) is 14.4. The number of nitrogens with one attached hydrogen (secondary N) is 1. The molecule has 0 aliphatic heterocycles. The molecule has 3 N–H and O–H groups in total. The van der Waals surface area contributed by atoms with E-state index in [1.165, 1.54) is 0 Å². The van der Waals surface area contributed by atoms with Crippen molar-refractivity contribution in [1.82, 2.24) is 0 Å². The van der Waals surface area contributed by atoms with E-state index in [0.717, 1.165) is 11.3 Å². The Morgan fingerprint density at radius 3 is 2.55 bits per heavy atom. The van der Waals surface area contributed by atoms with Gasteiger partial charge in [0.1, 0.15) is 0 Å². The summed E-state index contributed by atoms with van der Waals surface area (Å²) in [7, 11) is 0. The zero-order valence-corrected chi connectivity index (χ0v) is 12.2. The summed E-state index contributed by atoms with van der Waals surface area (Å²) < 4.78 is 0. The van der Waals surface area contributed by atoms with Gasteiger partial charge in [0.05, 0.1) is 10.7 Å². The fourth-order valence-electron chi connectivity index (χ4n) is 1.99. The molecule has 0 atom stereocenters. The Labute approximate surface area is 123 Å². The molecule has 0 aliphatic rings. The quantitative estimate of drug-likeness (QED) is 0.828. The normalized spacial score (nSPS) is 10.6. The molecule has 0 aromatic heterocycles. The van der Waals surface area contributed by atoms with Gasteiger partial charge in [-0.05, 0) is 35.7 Å². The van der Waals surface area contributed by atoms with Crippen molar-refractivity contribution in [3.05, 3.63) is 58.6 Å². The van der Waals surface area contributed by atoms with Crippen LogP contribution in [0.4, 0.5) is 11.4 Å². The van der Waals surface area contributed by atoms with Gasteiger partial charge in [-0.2, -0.15) is 0 Å². The van der Waals surface area contributed by atoms with Crippen LogP contribution in [0.15, 0.2) is 42.5 Å². The summed E-state index contributed by atoms with van der Waals surface area (Å²) >= 11 is 5.86. The number of nitrogen functional groups attached to an aromatic ring is 1. The van der Waals surface area contributed by atoms with E-state index in [4.69, 9.17) is 17.3 Å². The van der Waals surface area contributed by atoms with Crippen molar-refractivity contribution in [2.45, 2.75) is 19.8 Å². The molecule has 4 heteroatoms. The van der Waals surface area contributed by atoms with E-state index in [1.54, 1.807) is 18.2 Å². The number of carbonyl (C=O) groups excluding carboxylic acids is 1. The summed E-state index contributed by atoms with van der Waals surface area (Å²) in [6, 6.07) is 12.6. The smallest absolute Gasteiger partial charge is 0.255 e. The molecule has 0 saturated carbocycles. The van der Waals surface area contributed by atoms with Gasteiger partial charge in [-0.1, -0.05) is 43.6 Å². The minimum atomic E-state index is -0.193. The predicted molar refractivity (Wildman–Crippen MR) is 84.3 cm³/mol. The average molecular weight is 289 g/mol. The second-order valence-corrected chi connectivity index (χ2v) is 5.34. The largest absolute Gasteiger partial charge is 0.398 e. The van der Waals surface area contributed by atoms with Crippen LogP contribution in [0.3, 0.4) is 0 Å². The average Bonchev–Trinajstić information content (AvgIpc) is 2.42. The highest BCUT2D eigenvalue weighted by Crippen LogP contribution is 2.25. The standard InChI is InChI=1S/C16H17ClN2O/c1-10(2)12-5-3-4-6-15(12)19-16(20)11-7-8-13(17)14(18)9-11/h3-10H,18H2,1-2H3,(H,19,20). The molecule has 2 rings (SSSR count). The highest BCUT2D eigenvalue weighted by molar-refractivity contribution is 6.33. The van der Waals surface area contributed by atoms with Gasteiger partial charge in [-0.25, -0.2) is 0 Å². The molecule has 0 unspecified atom stereocenters. The van der Waals surface area contributed by atoms with E-state index in [-0.39, 0.29) is 5.91 Å². The minimum Gasteiger partial charge on any atom is -0.398 e. The Balaban J connectivity index is 2.26. The maximum Gasteiger partial charge on any atom is 0.255 e. The van der Waals surface area contributed by atoms with Crippen LogP contribution in [0.25, 0.3) is 0 Å². The Hall–Kier alpha value is -2.00. The van der Waals surface area contributed by atoms with E-state index >= 15 is 0 Å². The Morgan fingerprint density at radius 1 is 1.20 bits per heavy atom. The topological polar surface area (TPSA) is 55.1 Å². The molecule has 0 saturated heterocycles. The number of nitrogens with two attached hydrogens (primary N) is 1. The third-order valence-electron chi connectivity index (χ3n) is 3.09. The van der Waals surface area contributed by atoms with Gasteiger partial charge in [0.25, 0.3) is 5.91 Å². The number of hydrogen-bond donors (Lipinski definition) is 2. The molecule has 2 aromatic rings. The lowest BCUT2D eigenvalue weighted by Gasteiger charge is -2.13. The van der Waals surface area contributed by atoms with Crippen molar-refractivity contribution < 1.29 is 4.79 Å². The summed E-state index contributed by atoms with van der Waals surface area (Å²) in [6.07, 6.45) is 0. The highest BCUT2D eigenvalue weighted by Gasteiger charge is 2.11. The second-order valence-electron chi connectivity index (χ2n) is 4.93. The molecule has 1 amide bonds. The zero-order valence-electron chi connectivity index (χ0n) is 11.5. The van der Waals surface area contributed by atoms with Gasteiger partial charge < -0.3 is 11.1 Å². The molecule has 0 fully saturated rings. The summed E-state index contributed by atoms with van der Waals surface area (Å²) in [5.41, 5.74) is 8.53. The summed E-state index contributed by atoms with van der Waals surface area (Å²) in [4.78, 5) is 12.2. The number of carbonyl (C=O) groups is 1. The van der Waals surface area contributed by atoms with Gasteiger partial charge in [-0.15, -0.1) is 0 Å². The lowest BCUT2D eigenvalue weighted by molar-refractivity contribution is 0.102. The van der Waals surface area contributed by atoms with Crippen LogP contribution in [0.5, 0.6) is 0 Å². The zero-order chi connectivity index (χ0) is 14.7. The van der Waals surface area contributed by atoms with E-state index in [2.05, 4.69) is 19.2 Å². The summed E-state index contributed by atoms with van der Waals surface area (Å²) in [6.45, 7) is 4.18. The molecule has 0 radical (unpaired) electrons. The first-order chi connectivity index (χ1) is 9.49. The Morgan fingerprint density at radius 2 is 1.90 bits per heavy atom. The van der Waals surface area contributed by atoms with Crippen LogP contribution in [0.1, 0.15) is 35.7 Å². The van der Waals surface area contributed by atoms with E-state index < -0.39 is 0 Å². The van der Waals surface area contributed by atoms with Gasteiger partial charge >= 0.3 is 0 Å². The molecular weight excluding hydrogens is 272 g/mol. The van der Waals surface area contributed by atoms with E-state index in [9.17, 15) is 4.79 Å². The van der Waals surface area contributed by atoms with Crippen molar-refractivity contribution in [1.29, 1.82) is 0 Å². The third kappa shape index (κ3) is 3.11. The molecule has 104 valence electrons. The third-order valence-corrected chi connectivity index (χ3v) is 3.43. The van der Waals surface area contributed by atoms with Crippen LogP contribution < -0.4 is 11.1 Å². The van der Waals surface area contributed by atoms with Crippen LogP contribution in [-0.2, 0) is 0 Å². The lowest BCUT2D eigenvalue weighted by Crippen LogP contribution is -2.14. The summed E-state index contributed by atoms with van der Waals surface area (Å²) in [5.74, 6) is 0.142. The molecule has 0 spiro atoms. The van der Waals surface area contributed by atoms with Crippen molar-refractivity contribution in [2.75, 3.05) is 11.1 Å². The Kier molecular flexibility index (Phi) is 4.30. The number of halogens is 1. The van der Waals surface area contributed by atoms with Crippen molar-refractivity contribution in [3.63, 3.8) is 0 Å². The van der Waals surface area contributed by atoms with E-state index in [1.807, 2.05) is 24.3 Å². The molecule has 0 aliphatic carbocycles. The fraction of sp³-hybridized carbons (Fsp3) is 0.188. The molecule has 0 bridgehead atoms. The monoisotopic (exact) mass is 288 g/mol. The second kappa shape index (κ2) is 5.97. The number of benzene rings is 2. The number of amides is 1. The first-order valence-corrected chi connectivity index (χ1v) is 6.82. The lowest BCUT2D eigenvalue weighted by atomic mass is 10.0. The maximum atomic E-state index is 12.2. The van der Waals surface area contributed by atoms with Crippen LogP contribution >= 0.6 is 11.6 Å². The first-order valence-electron chi connectivity index (χ1n) is 6.44. The number of para-hydroxylation sites is 1. The molecule has 0 heterocycles. The molecule has 2 aromatic carbocycles. The SMILES string of the molecule is CC(C)c1ccccc1NC(=O)c1ccc(Cl)c(N)c1. The van der Waals surface area contributed by atoms with E-state index in [0.29, 0.717) is 22.2 Å². The number of hydrogen-bond acceptors (Lipinski definition) is 2. The highest BCUT2D eigenvalue weighted by atomic mass is 35.5. The van der Waals surface area contributed by atoms with Crippen molar-refractivity contribution in [3.8, 4) is 0 Å². The Bertz CT molecular complexity index is 638. The maximum absolute atomic E-state index is 12.2. The molecule has 20 heavy (non-hydrogen) atoms. The van der Waals surface area contributed by atoms with Gasteiger partial charge in [0.2, 0.25) is 0 Å². The fourth-order valence-corrected chi connectivity index (χ4v) is 2.11. The molecule has 3 nitrogen and oxygen atoms in total. The van der Waals surface area contributed by atoms with Gasteiger partial charge in [0, 0.05) is 11.3 Å².